The summed E-state index contributed by atoms with van der Waals surface area (Å²) in [6.45, 7) is 11.9. The molecule has 1 aromatic heterocycles. The van der Waals surface area contributed by atoms with Gasteiger partial charge in [0.25, 0.3) is 0 Å². The summed E-state index contributed by atoms with van der Waals surface area (Å²) in [6.07, 6.45) is -0.0635. The number of hydrogen-bond donors (Lipinski definition) is 1. The van der Waals surface area contributed by atoms with Crippen LogP contribution in [-0.2, 0) is 4.74 Å². The molecule has 2 fully saturated rings. The summed E-state index contributed by atoms with van der Waals surface area (Å²) in [4.78, 5) is 9.31. The van der Waals surface area contributed by atoms with Crippen LogP contribution in [0.3, 0.4) is 0 Å². The molecule has 7 nitrogen and oxygen atoms in total. The molecule has 0 bridgehead atoms. The van der Waals surface area contributed by atoms with Crippen LogP contribution in [0.25, 0.3) is 0 Å². The van der Waals surface area contributed by atoms with E-state index in [1.807, 2.05) is 0 Å². The lowest BCUT2D eigenvalue weighted by Crippen LogP contribution is -2.44. The fraction of sp³-hybridized carbons (Fsp3) is 0.857. The number of likely N-dealkylation sites (N-methyl/N-ethyl adjacent to an activating group) is 1. The van der Waals surface area contributed by atoms with Gasteiger partial charge in [0.15, 0.2) is 0 Å². The summed E-state index contributed by atoms with van der Waals surface area (Å²) in [5, 5.41) is 7.50. The molecule has 118 valence electrons. The summed E-state index contributed by atoms with van der Waals surface area (Å²) in [6, 6.07) is 0.166. The fourth-order valence-corrected chi connectivity index (χ4v) is 2.92. The van der Waals surface area contributed by atoms with Gasteiger partial charge in [-0.3, -0.25) is 9.80 Å². The minimum atomic E-state index is -0.0635. The average Bonchev–Trinajstić information content (AvgIpc) is 3.05. The van der Waals surface area contributed by atoms with Gasteiger partial charge in [-0.05, 0) is 13.5 Å². The molecule has 2 unspecified atom stereocenters. The third-order valence-electron chi connectivity index (χ3n) is 4.40. The molecule has 0 aliphatic carbocycles. The first-order chi connectivity index (χ1) is 10.3. The van der Waals surface area contributed by atoms with E-state index in [1.54, 1.807) is 0 Å². The van der Waals surface area contributed by atoms with Crippen molar-refractivity contribution in [3.05, 3.63) is 11.7 Å². The Hall–Kier alpha value is -1.02. The molecule has 2 atom stereocenters. The van der Waals surface area contributed by atoms with Gasteiger partial charge in [0.05, 0.1) is 12.6 Å². The lowest BCUT2D eigenvalue weighted by atomic mass is 10.2. The van der Waals surface area contributed by atoms with Gasteiger partial charge in [0.1, 0.15) is 6.10 Å². The van der Waals surface area contributed by atoms with E-state index in [2.05, 4.69) is 39.1 Å². The highest BCUT2D eigenvalue weighted by Crippen LogP contribution is 2.23. The molecule has 0 spiro atoms. The highest BCUT2D eigenvalue weighted by molar-refractivity contribution is 4.97. The van der Waals surface area contributed by atoms with Gasteiger partial charge in [-0.15, -0.1) is 0 Å². The van der Waals surface area contributed by atoms with Crippen LogP contribution in [0.15, 0.2) is 4.52 Å². The van der Waals surface area contributed by atoms with Crippen LogP contribution in [0.4, 0.5) is 0 Å². The highest BCUT2D eigenvalue weighted by atomic mass is 16.5. The van der Waals surface area contributed by atoms with Crippen LogP contribution in [0.5, 0.6) is 0 Å². The Morgan fingerprint density at radius 1 is 1.33 bits per heavy atom. The Morgan fingerprint density at radius 2 is 2.14 bits per heavy atom. The minimum absolute atomic E-state index is 0.0635. The van der Waals surface area contributed by atoms with Gasteiger partial charge < -0.3 is 14.6 Å². The average molecular weight is 295 g/mol. The molecule has 2 saturated heterocycles. The number of aromatic nitrogens is 2. The first kappa shape index (κ1) is 14.9. The van der Waals surface area contributed by atoms with Crippen molar-refractivity contribution in [2.24, 2.45) is 0 Å². The van der Waals surface area contributed by atoms with E-state index in [0.717, 1.165) is 52.4 Å². The van der Waals surface area contributed by atoms with Crippen LogP contribution in [-0.4, -0.2) is 72.4 Å². The lowest BCUT2D eigenvalue weighted by molar-refractivity contribution is -0.0334. The number of nitrogens with zero attached hydrogens (tertiary/aromatic N) is 4. The quantitative estimate of drug-likeness (QED) is 0.864. The number of hydrogen-bond acceptors (Lipinski definition) is 7. The smallest absolute Gasteiger partial charge is 0.243 e. The van der Waals surface area contributed by atoms with Gasteiger partial charge in [-0.1, -0.05) is 12.1 Å². The molecule has 0 saturated carbocycles. The Balaban J connectivity index is 1.65. The summed E-state index contributed by atoms with van der Waals surface area (Å²) < 4.78 is 11.3. The predicted molar refractivity (Wildman–Crippen MR) is 78.0 cm³/mol. The maximum atomic E-state index is 5.78. The normalized spacial score (nSPS) is 26.9. The van der Waals surface area contributed by atoms with Crippen molar-refractivity contribution >= 4 is 0 Å². The third-order valence-corrected chi connectivity index (χ3v) is 4.40. The van der Waals surface area contributed by atoms with E-state index in [9.17, 15) is 0 Å². The second-order valence-corrected chi connectivity index (χ2v) is 5.71. The van der Waals surface area contributed by atoms with Gasteiger partial charge in [0.2, 0.25) is 11.7 Å². The molecule has 0 aromatic carbocycles. The largest absolute Gasteiger partial charge is 0.367 e. The molecule has 0 radical (unpaired) electrons. The zero-order valence-electron chi connectivity index (χ0n) is 12.9. The SMILES string of the molecule is CCN1CCOC(c2noc(C(C)N3CCNCC3)n2)C1. The molecule has 21 heavy (non-hydrogen) atoms. The molecule has 3 heterocycles. The summed E-state index contributed by atoms with van der Waals surface area (Å²) in [7, 11) is 0. The maximum Gasteiger partial charge on any atom is 0.243 e. The number of morpholine rings is 1. The number of nitrogens with one attached hydrogen (secondary N) is 1. The van der Waals surface area contributed by atoms with E-state index in [4.69, 9.17) is 9.26 Å². The molecular weight excluding hydrogens is 270 g/mol. The van der Waals surface area contributed by atoms with E-state index in [1.165, 1.54) is 0 Å². The van der Waals surface area contributed by atoms with E-state index >= 15 is 0 Å². The molecule has 1 N–H and O–H groups in total. The van der Waals surface area contributed by atoms with Gasteiger partial charge in [0, 0.05) is 39.3 Å². The molecule has 0 amide bonds. The van der Waals surface area contributed by atoms with Crippen molar-refractivity contribution in [1.82, 2.24) is 25.3 Å². The van der Waals surface area contributed by atoms with E-state index in [0.29, 0.717) is 11.7 Å². The maximum absolute atomic E-state index is 5.78. The van der Waals surface area contributed by atoms with Crippen molar-refractivity contribution in [2.45, 2.75) is 26.0 Å². The van der Waals surface area contributed by atoms with Gasteiger partial charge >= 0.3 is 0 Å². The third kappa shape index (κ3) is 3.42. The minimum Gasteiger partial charge on any atom is -0.367 e. The van der Waals surface area contributed by atoms with Crippen LogP contribution < -0.4 is 5.32 Å². The molecular formula is C14H25N5O2. The first-order valence-electron chi connectivity index (χ1n) is 7.90. The molecule has 2 aliphatic rings. The zero-order chi connectivity index (χ0) is 14.7. The van der Waals surface area contributed by atoms with Crippen molar-refractivity contribution in [3.8, 4) is 0 Å². The van der Waals surface area contributed by atoms with E-state index < -0.39 is 0 Å². The van der Waals surface area contributed by atoms with Gasteiger partial charge in [-0.2, -0.15) is 4.98 Å². The summed E-state index contributed by atoms with van der Waals surface area (Å²) in [5.41, 5.74) is 0. The highest BCUT2D eigenvalue weighted by Gasteiger charge is 2.28. The van der Waals surface area contributed by atoms with Crippen LogP contribution >= 0.6 is 0 Å². The molecule has 1 aromatic rings. The predicted octanol–water partition coefficient (Wildman–Crippen LogP) is 0.429. The van der Waals surface area contributed by atoms with Crippen molar-refractivity contribution < 1.29 is 9.26 Å². The second kappa shape index (κ2) is 6.83. The molecule has 3 rings (SSSR count). The Bertz CT molecular complexity index is 430. The van der Waals surface area contributed by atoms with Crippen LogP contribution in [0.1, 0.15) is 37.7 Å². The number of rotatable bonds is 4. The standard InChI is InChI=1S/C14H25N5O2/c1-3-18-8-9-20-12(10-18)13-16-14(21-17-13)11(2)19-6-4-15-5-7-19/h11-12,15H,3-10H2,1-2H3. The molecule has 7 heteroatoms. The van der Waals surface area contributed by atoms with Crippen molar-refractivity contribution in [2.75, 3.05) is 52.4 Å². The summed E-state index contributed by atoms with van der Waals surface area (Å²) in [5.74, 6) is 1.38. The number of ether oxygens (including phenoxy) is 1. The van der Waals surface area contributed by atoms with Crippen molar-refractivity contribution in [3.63, 3.8) is 0 Å². The monoisotopic (exact) mass is 295 g/mol. The van der Waals surface area contributed by atoms with Crippen LogP contribution in [0, 0.1) is 0 Å². The van der Waals surface area contributed by atoms with Crippen LogP contribution in [0.2, 0.25) is 0 Å². The van der Waals surface area contributed by atoms with Crippen molar-refractivity contribution in [1.29, 1.82) is 0 Å². The topological polar surface area (TPSA) is 66.7 Å². The zero-order valence-corrected chi connectivity index (χ0v) is 12.9. The van der Waals surface area contributed by atoms with E-state index in [-0.39, 0.29) is 12.1 Å². The Morgan fingerprint density at radius 3 is 2.90 bits per heavy atom. The second-order valence-electron chi connectivity index (χ2n) is 5.71. The summed E-state index contributed by atoms with van der Waals surface area (Å²) >= 11 is 0. The van der Waals surface area contributed by atoms with Gasteiger partial charge in [-0.25, -0.2) is 0 Å². The first-order valence-corrected chi connectivity index (χ1v) is 7.90. The Labute approximate surface area is 125 Å². The Kier molecular flexibility index (Phi) is 4.84. The number of piperazine rings is 1. The lowest BCUT2D eigenvalue weighted by Gasteiger charge is -2.31. The fourth-order valence-electron chi connectivity index (χ4n) is 2.92. The molecule has 2 aliphatic heterocycles.